The van der Waals surface area contributed by atoms with Gasteiger partial charge in [0.1, 0.15) is 20.2 Å². The summed E-state index contributed by atoms with van der Waals surface area (Å²) in [7, 11) is -10.1. The summed E-state index contributed by atoms with van der Waals surface area (Å²) in [6, 6.07) is 0. The van der Waals surface area contributed by atoms with Gasteiger partial charge in [-0.1, -0.05) is 0 Å². The van der Waals surface area contributed by atoms with Gasteiger partial charge in [0.2, 0.25) is 0 Å². The van der Waals surface area contributed by atoms with Crippen molar-refractivity contribution < 1.29 is 95.3 Å². The van der Waals surface area contributed by atoms with Crippen LogP contribution in [0.3, 0.4) is 0 Å². The van der Waals surface area contributed by atoms with E-state index in [1.807, 2.05) is 0 Å². The van der Waals surface area contributed by atoms with Gasteiger partial charge in [0.15, 0.2) is 10.9 Å². The first-order chi connectivity index (χ1) is 6.05. The van der Waals surface area contributed by atoms with Gasteiger partial charge < -0.3 is 19.3 Å². The summed E-state index contributed by atoms with van der Waals surface area (Å²) in [6.07, 6.45) is 0.394. The van der Waals surface area contributed by atoms with E-state index in [1.54, 1.807) is 0 Å². The summed E-state index contributed by atoms with van der Waals surface area (Å²) >= 11 is 0. The van der Waals surface area contributed by atoms with Crippen molar-refractivity contribution in [3.63, 3.8) is 0 Å². The van der Waals surface area contributed by atoms with E-state index in [2.05, 4.69) is 0 Å². The van der Waals surface area contributed by atoms with Crippen molar-refractivity contribution in [2.75, 3.05) is 0 Å². The topological polar surface area (TPSA) is 155 Å². The second-order valence-corrected chi connectivity index (χ2v) is 5.09. The summed E-state index contributed by atoms with van der Waals surface area (Å²) in [5.41, 5.74) is -5.00. The minimum Gasteiger partial charge on any atom is -0.746 e. The maximum Gasteiger partial charge on any atom is 1.00 e. The average Bonchev–Trinajstić information content (AvgIpc) is 1.95. The SMILES string of the molecule is O=S(=O)([O-])C(O)/C=C/C(O)S(=O)(=O)[O-].[Na+].[Na+]. The molecule has 84 valence electrons. The maximum atomic E-state index is 10.0. The van der Waals surface area contributed by atoms with Crippen LogP contribution in [0.5, 0.6) is 0 Å². The molecule has 2 unspecified atom stereocenters. The standard InChI is InChI=1S/C4H8O8S2.2Na/c5-3(13(7,8)9)1-2-4(6)14(10,11)12;;/h1-6H,(H,7,8,9)(H,10,11,12);;/q;2*+1/p-2/b2-1+;;. The molecular formula is C4H6Na2O8S2. The van der Waals surface area contributed by atoms with E-state index in [1.165, 1.54) is 0 Å². The molecule has 0 aliphatic rings. The number of rotatable bonds is 4. The van der Waals surface area contributed by atoms with E-state index in [9.17, 15) is 25.9 Å². The van der Waals surface area contributed by atoms with Crippen molar-refractivity contribution in [1.29, 1.82) is 0 Å². The Bertz CT molecular complexity index is 371. The third kappa shape index (κ3) is 9.50. The first-order valence-electron chi connectivity index (χ1n) is 2.99. The largest absolute Gasteiger partial charge is 1.00 e. The molecule has 16 heavy (non-hydrogen) atoms. The van der Waals surface area contributed by atoms with E-state index < -0.39 is 31.1 Å². The van der Waals surface area contributed by atoms with E-state index in [0.29, 0.717) is 0 Å². The Hall–Kier alpha value is 1.48. The summed E-state index contributed by atoms with van der Waals surface area (Å²) in [5.74, 6) is 0. The first-order valence-corrected chi connectivity index (χ1v) is 5.93. The van der Waals surface area contributed by atoms with Crippen LogP contribution >= 0.6 is 0 Å². The molecule has 0 aromatic heterocycles. The zero-order valence-electron chi connectivity index (χ0n) is 8.47. The predicted octanol–water partition coefficient (Wildman–Crippen LogP) is -8.72. The fourth-order valence-corrected chi connectivity index (χ4v) is 0.949. The van der Waals surface area contributed by atoms with Gasteiger partial charge in [-0.3, -0.25) is 0 Å². The van der Waals surface area contributed by atoms with Crippen molar-refractivity contribution >= 4 is 20.2 Å². The van der Waals surface area contributed by atoms with Crippen LogP contribution in [0.4, 0.5) is 0 Å². The van der Waals surface area contributed by atoms with Crippen molar-refractivity contribution in [3.05, 3.63) is 12.2 Å². The second kappa shape index (κ2) is 8.56. The molecule has 2 N–H and O–H groups in total. The Labute approximate surface area is 137 Å². The zero-order valence-corrected chi connectivity index (χ0v) is 14.1. The van der Waals surface area contributed by atoms with Gasteiger partial charge in [-0.15, -0.1) is 0 Å². The van der Waals surface area contributed by atoms with Gasteiger partial charge >= 0.3 is 59.1 Å². The Morgan fingerprint density at radius 1 is 0.812 bits per heavy atom. The molecule has 0 amide bonds. The smallest absolute Gasteiger partial charge is 0.746 e. The Morgan fingerprint density at radius 2 is 1.00 bits per heavy atom. The van der Waals surface area contributed by atoms with Crippen LogP contribution in [0.25, 0.3) is 0 Å². The van der Waals surface area contributed by atoms with Crippen LogP contribution in [-0.4, -0.2) is 47.0 Å². The second-order valence-electron chi connectivity index (χ2n) is 2.15. The normalized spacial score (nSPS) is 16.0. The molecular weight excluding hydrogens is 286 g/mol. The number of aliphatic hydroxyl groups excluding tert-OH is 2. The van der Waals surface area contributed by atoms with E-state index in [-0.39, 0.29) is 71.3 Å². The summed E-state index contributed by atoms with van der Waals surface area (Å²) in [5, 5.41) is 17.0. The Balaban J connectivity index is -0.000000845. The van der Waals surface area contributed by atoms with Crippen LogP contribution in [0.15, 0.2) is 12.2 Å². The average molecular weight is 292 g/mol. The third-order valence-corrected chi connectivity index (χ3v) is 2.53. The van der Waals surface area contributed by atoms with Crippen LogP contribution in [0.1, 0.15) is 0 Å². The number of hydrogen-bond donors (Lipinski definition) is 2. The van der Waals surface area contributed by atoms with Crippen LogP contribution in [0.2, 0.25) is 0 Å². The van der Waals surface area contributed by atoms with E-state index in [4.69, 9.17) is 10.2 Å². The summed E-state index contributed by atoms with van der Waals surface area (Å²) < 4.78 is 60.2. The van der Waals surface area contributed by atoms with Gasteiger partial charge in [0.05, 0.1) is 0 Å². The van der Waals surface area contributed by atoms with Gasteiger partial charge in [0.25, 0.3) is 0 Å². The molecule has 0 fully saturated rings. The van der Waals surface area contributed by atoms with Crippen molar-refractivity contribution in [2.45, 2.75) is 10.9 Å². The quantitative estimate of drug-likeness (QED) is 0.294. The molecule has 0 aromatic rings. The molecule has 0 radical (unpaired) electrons. The Morgan fingerprint density at radius 3 is 1.12 bits per heavy atom. The van der Waals surface area contributed by atoms with Crippen molar-refractivity contribution in [2.24, 2.45) is 0 Å². The molecule has 2 atom stereocenters. The molecule has 0 spiro atoms. The molecule has 0 saturated heterocycles. The molecule has 12 heteroatoms. The first kappa shape index (κ1) is 22.6. The molecule has 8 nitrogen and oxygen atoms in total. The minimum absolute atomic E-state index is 0. The van der Waals surface area contributed by atoms with Gasteiger partial charge in [0, 0.05) is 0 Å². The summed E-state index contributed by atoms with van der Waals surface area (Å²) in [6.45, 7) is 0. The fraction of sp³-hybridized carbons (Fsp3) is 0.500. The zero-order chi connectivity index (χ0) is 11.6. The monoisotopic (exact) mass is 292 g/mol. The van der Waals surface area contributed by atoms with E-state index >= 15 is 0 Å². The van der Waals surface area contributed by atoms with Crippen LogP contribution in [-0.2, 0) is 20.2 Å². The molecule has 0 saturated carbocycles. The van der Waals surface area contributed by atoms with E-state index in [0.717, 1.165) is 0 Å². The molecule has 0 heterocycles. The minimum atomic E-state index is -5.03. The molecule has 0 rings (SSSR count). The molecule has 0 aromatic carbocycles. The molecule has 0 aliphatic carbocycles. The fourth-order valence-electron chi connectivity index (χ4n) is 0.383. The van der Waals surface area contributed by atoms with Crippen LogP contribution in [0, 0.1) is 0 Å². The Kier molecular flexibility index (Phi) is 12.1. The number of aliphatic hydroxyl groups is 2. The van der Waals surface area contributed by atoms with Crippen LogP contribution < -0.4 is 59.1 Å². The van der Waals surface area contributed by atoms with Gasteiger partial charge in [-0.25, -0.2) is 16.8 Å². The van der Waals surface area contributed by atoms with Gasteiger partial charge in [-0.2, -0.15) is 0 Å². The third-order valence-electron chi connectivity index (χ3n) is 1.03. The number of hydrogen-bond acceptors (Lipinski definition) is 8. The van der Waals surface area contributed by atoms with Crippen molar-refractivity contribution in [1.82, 2.24) is 0 Å². The predicted molar refractivity (Wildman–Crippen MR) is 40.5 cm³/mol. The van der Waals surface area contributed by atoms with Crippen molar-refractivity contribution in [3.8, 4) is 0 Å². The van der Waals surface area contributed by atoms with Gasteiger partial charge in [-0.05, 0) is 12.2 Å². The molecule has 0 bridgehead atoms. The molecule has 0 aliphatic heterocycles. The maximum absolute atomic E-state index is 10.0. The summed E-state index contributed by atoms with van der Waals surface area (Å²) in [4.78, 5) is 0.